The van der Waals surface area contributed by atoms with Crippen molar-refractivity contribution in [1.82, 2.24) is 10.4 Å². The van der Waals surface area contributed by atoms with Crippen LogP contribution < -0.4 is 5.32 Å². The van der Waals surface area contributed by atoms with Crippen molar-refractivity contribution in [2.45, 2.75) is 51.2 Å². The number of carbonyl (C=O) groups excluding carboxylic acids is 1. The van der Waals surface area contributed by atoms with E-state index in [0.29, 0.717) is 12.5 Å². The summed E-state index contributed by atoms with van der Waals surface area (Å²) >= 11 is 0. The Bertz CT molecular complexity index is 601. The van der Waals surface area contributed by atoms with Crippen LogP contribution in [-0.4, -0.2) is 31.4 Å². The molecular formula is C20H28N2O3. The Morgan fingerprint density at radius 2 is 1.84 bits per heavy atom. The first-order valence-electron chi connectivity index (χ1n) is 9.14. The number of nitrogens with one attached hydrogen (secondary N) is 1. The molecule has 0 heterocycles. The first kappa shape index (κ1) is 17.8. The maximum Gasteiger partial charge on any atom is 0.407 e. The maximum absolute atomic E-state index is 12.0. The minimum absolute atomic E-state index is 0.206. The zero-order chi connectivity index (χ0) is 17.6. The van der Waals surface area contributed by atoms with E-state index in [1.807, 2.05) is 42.4 Å². The minimum Gasteiger partial charge on any atom is -0.445 e. The van der Waals surface area contributed by atoms with E-state index in [1.165, 1.54) is 24.1 Å². The number of hydrogen-bond acceptors (Lipinski definition) is 4. The molecule has 0 aliphatic heterocycles. The molecule has 0 saturated heterocycles. The Hall–Kier alpha value is -2.01. The summed E-state index contributed by atoms with van der Waals surface area (Å²) in [6.07, 6.45) is 6.22. The van der Waals surface area contributed by atoms with E-state index in [-0.39, 0.29) is 12.1 Å². The highest BCUT2D eigenvalue weighted by Crippen LogP contribution is 2.41. The molecule has 0 radical (unpaired) electrons. The van der Waals surface area contributed by atoms with E-state index in [1.54, 1.807) is 7.11 Å². The van der Waals surface area contributed by atoms with Gasteiger partial charge in [0.2, 0.25) is 0 Å². The van der Waals surface area contributed by atoms with Crippen LogP contribution in [0.4, 0.5) is 4.79 Å². The lowest BCUT2D eigenvalue weighted by Crippen LogP contribution is -2.39. The van der Waals surface area contributed by atoms with Crippen LogP contribution in [0.3, 0.4) is 0 Å². The first-order valence-corrected chi connectivity index (χ1v) is 9.14. The van der Waals surface area contributed by atoms with E-state index < -0.39 is 0 Å². The Labute approximate surface area is 149 Å². The Kier molecular flexibility index (Phi) is 5.97. The Balaban J connectivity index is 1.43. The van der Waals surface area contributed by atoms with Crippen LogP contribution in [0.25, 0.3) is 0 Å². The summed E-state index contributed by atoms with van der Waals surface area (Å²) in [7, 11) is 3.71. The van der Waals surface area contributed by atoms with Crippen molar-refractivity contribution in [3.8, 4) is 0 Å². The minimum atomic E-state index is -0.318. The van der Waals surface area contributed by atoms with E-state index in [9.17, 15) is 4.79 Å². The molecule has 136 valence electrons. The van der Waals surface area contributed by atoms with Gasteiger partial charge in [-0.15, -0.1) is 0 Å². The van der Waals surface area contributed by atoms with Crippen molar-refractivity contribution in [3.05, 3.63) is 47.2 Å². The molecule has 0 bridgehead atoms. The van der Waals surface area contributed by atoms with Crippen molar-refractivity contribution >= 4 is 6.09 Å². The van der Waals surface area contributed by atoms with Gasteiger partial charge in [0.25, 0.3) is 0 Å². The molecular weight excluding hydrogens is 316 g/mol. The molecule has 1 N–H and O–H groups in total. The van der Waals surface area contributed by atoms with Crippen LogP contribution in [-0.2, 0) is 16.2 Å². The molecule has 25 heavy (non-hydrogen) atoms. The summed E-state index contributed by atoms with van der Waals surface area (Å²) in [5, 5.41) is 4.94. The number of alkyl carbamates (subject to hydrolysis) is 1. The fourth-order valence-corrected chi connectivity index (χ4v) is 3.63. The summed E-state index contributed by atoms with van der Waals surface area (Å²) in [5.41, 5.74) is 3.90. The molecule has 1 aromatic rings. The number of ether oxygens (including phenoxy) is 1. The molecule has 5 nitrogen and oxygen atoms in total. The highest BCUT2D eigenvalue weighted by atomic mass is 16.7. The molecule has 5 heteroatoms. The standard InChI is InChI=1S/C20H28N2O3/c1-22(24-2)19(16-8-9-16)17-10-12-18(13-11-17)21-20(23)25-14-15-6-4-3-5-7-15/h3-7,17-18H,8-14H2,1-2H3,(H,21,23). The molecule has 1 aromatic carbocycles. The average molecular weight is 344 g/mol. The van der Waals surface area contributed by atoms with Crippen molar-refractivity contribution in [2.24, 2.45) is 5.92 Å². The summed E-state index contributed by atoms with van der Waals surface area (Å²) < 4.78 is 5.32. The van der Waals surface area contributed by atoms with Crippen LogP contribution >= 0.6 is 0 Å². The second kappa shape index (κ2) is 8.39. The van der Waals surface area contributed by atoms with Gasteiger partial charge >= 0.3 is 6.09 Å². The predicted molar refractivity (Wildman–Crippen MR) is 96.5 cm³/mol. The third-order valence-electron chi connectivity index (χ3n) is 5.12. The number of benzene rings is 1. The van der Waals surface area contributed by atoms with Gasteiger partial charge in [-0.3, -0.25) is 9.90 Å². The van der Waals surface area contributed by atoms with Gasteiger partial charge < -0.3 is 10.1 Å². The van der Waals surface area contributed by atoms with Crippen LogP contribution in [0.5, 0.6) is 0 Å². The SMILES string of the molecule is CON(C)C(=C1CC1)C1CCC(NC(=O)OCc2ccccc2)CC1. The van der Waals surface area contributed by atoms with Crippen molar-refractivity contribution in [3.63, 3.8) is 0 Å². The quantitative estimate of drug-likeness (QED) is 0.792. The van der Waals surface area contributed by atoms with Gasteiger partial charge in [0.15, 0.2) is 0 Å². The van der Waals surface area contributed by atoms with Crippen LogP contribution in [0.1, 0.15) is 44.1 Å². The number of nitrogens with zero attached hydrogens (tertiary/aromatic N) is 1. The van der Waals surface area contributed by atoms with Gasteiger partial charge in [-0.2, -0.15) is 0 Å². The third-order valence-corrected chi connectivity index (χ3v) is 5.12. The highest BCUT2D eigenvalue weighted by Gasteiger charge is 2.31. The molecule has 2 aliphatic rings. The average Bonchev–Trinajstić information content (AvgIpc) is 3.47. The molecule has 0 aromatic heterocycles. The van der Waals surface area contributed by atoms with Crippen molar-refractivity contribution in [2.75, 3.05) is 14.2 Å². The summed E-state index contributed by atoms with van der Waals surface area (Å²) in [6.45, 7) is 0.316. The van der Waals surface area contributed by atoms with Crippen LogP contribution in [0, 0.1) is 5.92 Å². The van der Waals surface area contributed by atoms with Gasteiger partial charge in [-0.1, -0.05) is 30.3 Å². The zero-order valence-electron chi connectivity index (χ0n) is 15.2. The lowest BCUT2D eigenvalue weighted by atomic mass is 9.83. The molecule has 1 amide bonds. The highest BCUT2D eigenvalue weighted by molar-refractivity contribution is 5.67. The number of allylic oxidation sites excluding steroid dienone is 2. The smallest absolute Gasteiger partial charge is 0.407 e. The molecule has 3 rings (SSSR count). The Morgan fingerprint density at radius 1 is 1.16 bits per heavy atom. The molecule has 2 fully saturated rings. The number of hydroxylamine groups is 2. The van der Waals surface area contributed by atoms with Gasteiger partial charge in [-0.05, 0) is 49.7 Å². The number of hydrogen-bond donors (Lipinski definition) is 1. The molecule has 0 spiro atoms. The van der Waals surface area contributed by atoms with E-state index in [4.69, 9.17) is 9.57 Å². The van der Waals surface area contributed by atoms with E-state index >= 15 is 0 Å². The summed E-state index contributed by atoms with van der Waals surface area (Å²) in [6, 6.07) is 9.96. The van der Waals surface area contributed by atoms with E-state index in [0.717, 1.165) is 31.2 Å². The second-order valence-corrected chi connectivity index (χ2v) is 6.92. The summed E-state index contributed by atoms with van der Waals surface area (Å²) in [5.74, 6) is 0.542. The lowest BCUT2D eigenvalue weighted by molar-refractivity contribution is -0.0881. The lowest BCUT2D eigenvalue weighted by Gasteiger charge is -2.33. The Morgan fingerprint density at radius 3 is 2.44 bits per heavy atom. The van der Waals surface area contributed by atoms with Crippen LogP contribution in [0.15, 0.2) is 41.6 Å². The normalized spacial score (nSPS) is 22.2. The summed E-state index contributed by atoms with van der Waals surface area (Å²) in [4.78, 5) is 17.4. The van der Waals surface area contributed by atoms with Crippen molar-refractivity contribution < 1.29 is 14.4 Å². The van der Waals surface area contributed by atoms with Gasteiger partial charge in [-0.25, -0.2) is 4.79 Å². The zero-order valence-corrected chi connectivity index (χ0v) is 15.2. The number of rotatable bonds is 6. The van der Waals surface area contributed by atoms with E-state index in [2.05, 4.69) is 5.32 Å². The predicted octanol–water partition coefficient (Wildman–Crippen LogP) is 4.01. The third kappa shape index (κ3) is 4.98. The fourth-order valence-electron chi connectivity index (χ4n) is 3.63. The maximum atomic E-state index is 12.0. The van der Waals surface area contributed by atoms with Gasteiger partial charge in [0, 0.05) is 24.7 Å². The van der Waals surface area contributed by atoms with Gasteiger partial charge in [0.1, 0.15) is 6.61 Å². The van der Waals surface area contributed by atoms with Gasteiger partial charge in [0.05, 0.1) is 7.11 Å². The topological polar surface area (TPSA) is 50.8 Å². The number of carbonyl (C=O) groups is 1. The monoisotopic (exact) mass is 344 g/mol. The molecule has 2 aliphatic carbocycles. The number of amides is 1. The second-order valence-electron chi connectivity index (χ2n) is 6.92. The molecule has 2 saturated carbocycles. The first-order chi connectivity index (χ1) is 12.2. The molecule has 0 unspecified atom stereocenters. The van der Waals surface area contributed by atoms with Crippen molar-refractivity contribution in [1.29, 1.82) is 0 Å². The van der Waals surface area contributed by atoms with Crippen LogP contribution in [0.2, 0.25) is 0 Å². The largest absolute Gasteiger partial charge is 0.445 e. The fraction of sp³-hybridized carbons (Fsp3) is 0.550. The molecule has 0 atom stereocenters.